The van der Waals surface area contributed by atoms with E-state index >= 15 is 0 Å². The maximum atomic E-state index is 11.9. The summed E-state index contributed by atoms with van der Waals surface area (Å²) in [5.41, 5.74) is 3.64. The molecule has 0 unspecified atom stereocenters. The van der Waals surface area contributed by atoms with Crippen molar-refractivity contribution in [2.75, 3.05) is 6.61 Å². The molecule has 0 bridgehead atoms. The topological polar surface area (TPSA) is 56.5 Å². The van der Waals surface area contributed by atoms with Gasteiger partial charge in [-0.2, -0.15) is 0 Å². The lowest BCUT2D eigenvalue weighted by Gasteiger charge is -2.05. The van der Waals surface area contributed by atoms with Crippen molar-refractivity contribution in [1.82, 2.24) is 14.4 Å². The minimum Gasteiger partial charge on any atom is -0.461 e. The molecule has 3 rings (SSSR count). The van der Waals surface area contributed by atoms with Gasteiger partial charge in [0.25, 0.3) is 0 Å². The summed E-state index contributed by atoms with van der Waals surface area (Å²) in [6.45, 7) is 3.98. The van der Waals surface area contributed by atoms with Crippen LogP contribution in [0.1, 0.15) is 23.0 Å². The third-order valence-electron chi connectivity index (χ3n) is 3.05. The molecule has 0 aromatic carbocycles. The van der Waals surface area contributed by atoms with Crippen molar-refractivity contribution in [2.45, 2.75) is 13.8 Å². The first-order chi connectivity index (χ1) is 9.22. The fraction of sp³-hybridized carbons (Fsp3) is 0.214. The number of imidazole rings is 1. The molecule has 3 aromatic heterocycles. The normalized spacial score (nSPS) is 11.1. The van der Waals surface area contributed by atoms with E-state index in [1.54, 1.807) is 13.1 Å². The highest BCUT2D eigenvalue weighted by Gasteiger charge is 2.17. The highest BCUT2D eigenvalue weighted by Crippen LogP contribution is 2.21. The summed E-state index contributed by atoms with van der Waals surface area (Å²) in [6.07, 6.45) is 3.54. The predicted molar refractivity (Wildman–Crippen MR) is 71.2 cm³/mol. The van der Waals surface area contributed by atoms with Crippen molar-refractivity contribution >= 4 is 22.6 Å². The molecule has 96 valence electrons. The van der Waals surface area contributed by atoms with Crippen LogP contribution in [0.5, 0.6) is 0 Å². The number of esters is 1. The molecule has 0 amide bonds. The number of aromatic nitrogens is 3. The molecule has 0 spiro atoms. The summed E-state index contributed by atoms with van der Waals surface area (Å²) in [4.78, 5) is 20.5. The van der Waals surface area contributed by atoms with Crippen molar-refractivity contribution in [3.63, 3.8) is 0 Å². The van der Waals surface area contributed by atoms with Gasteiger partial charge in [-0.05, 0) is 26.0 Å². The number of fused-ring (bicyclic) bond motifs is 3. The molecule has 5 heteroatoms. The third-order valence-corrected chi connectivity index (χ3v) is 3.05. The number of carbonyl (C=O) groups is 1. The molecule has 0 aliphatic rings. The molecule has 3 heterocycles. The summed E-state index contributed by atoms with van der Waals surface area (Å²) < 4.78 is 6.97. The van der Waals surface area contributed by atoms with Crippen LogP contribution in [-0.4, -0.2) is 26.9 Å². The molecule has 5 nitrogen and oxygen atoms in total. The average molecular weight is 255 g/mol. The van der Waals surface area contributed by atoms with E-state index in [1.165, 1.54) is 0 Å². The van der Waals surface area contributed by atoms with E-state index in [9.17, 15) is 4.79 Å². The number of hydrogen-bond acceptors (Lipinski definition) is 4. The highest BCUT2D eigenvalue weighted by atomic mass is 16.5. The third kappa shape index (κ3) is 1.74. The van der Waals surface area contributed by atoms with Gasteiger partial charge in [0.15, 0.2) is 5.69 Å². The standard InChI is InChI=1S/C14H13N3O2/c1-3-19-14(18)12-9(2)13-10(8-15-12)16-11-6-4-5-7-17(11)13/h4-8H,3H2,1-2H3. The van der Waals surface area contributed by atoms with Crippen LogP contribution in [0.4, 0.5) is 0 Å². The van der Waals surface area contributed by atoms with Crippen LogP contribution in [-0.2, 0) is 4.74 Å². The molecule has 0 radical (unpaired) electrons. The maximum absolute atomic E-state index is 11.9. The Bertz CT molecular complexity index is 777. The lowest BCUT2D eigenvalue weighted by atomic mass is 10.2. The second-order valence-corrected chi connectivity index (χ2v) is 4.23. The van der Waals surface area contributed by atoms with Crippen molar-refractivity contribution in [3.05, 3.63) is 41.9 Å². The molecule has 0 atom stereocenters. The Labute approximate surface area is 109 Å². The van der Waals surface area contributed by atoms with Crippen molar-refractivity contribution in [2.24, 2.45) is 0 Å². The number of carbonyl (C=O) groups excluding carboxylic acids is 1. The van der Waals surface area contributed by atoms with Gasteiger partial charge in [0.1, 0.15) is 11.2 Å². The van der Waals surface area contributed by atoms with E-state index < -0.39 is 5.97 Å². The van der Waals surface area contributed by atoms with E-state index in [-0.39, 0.29) is 0 Å². The van der Waals surface area contributed by atoms with Gasteiger partial charge >= 0.3 is 5.97 Å². The summed E-state index contributed by atoms with van der Waals surface area (Å²) in [7, 11) is 0. The second-order valence-electron chi connectivity index (χ2n) is 4.23. The fourth-order valence-corrected chi connectivity index (χ4v) is 2.22. The van der Waals surface area contributed by atoms with Crippen LogP contribution in [0.15, 0.2) is 30.6 Å². The first kappa shape index (κ1) is 11.6. The number of nitrogens with zero attached hydrogens (tertiary/aromatic N) is 3. The molecule has 19 heavy (non-hydrogen) atoms. The van der Waals surface area contributed by atoms with Gasteiger partial charge in [0.05, 0.1) is 18.3 Å². The molecule has 0 fully saturated rings. The number of aryl methyl sites for hydroxylation is 1. The van der Waals surface area contributed by atoms with Gasteiger partial charge in [-0.3, -0.25) is 4.40 Å². The van der Waals surface area contributed by atoms with Gasteiger partial charge in [-0.1, -0.05) is 6.07 Å². The van der Waals surface area contributed by atoms with E-state index in [4.69, 9.17) is 4.74 Å². The molecular formula is C14H13N3O2. The number of rotatable bonds is 2. The van der Waals surface area contributed by atoms with Crippen LogP contribution in [0, 0.1) is 6.92 Å². The zero-order valence-electron chi connectivity index (χ0n) is 10.8. The Morgan fingerprint density at radius 2 is 2.26 bits per heavy atom. The Balaban J connectivity index is 2.31. The molecule has 0 aliphatic carbocycles. The van der Waals surface area contributed by atoms with Gasteiger partial charge in [-0.15, -0.1) is 0 Å². The van der Waals surface area contributed by atoms with E-state index in [0.717, 1.165) is 22.2 Å². The smallest absolute Gasteiger partial charge is 0.357 e. The summed E-state index contributed by atoms with van der Waals surface area (Å²) in [6, 6.07) is 5.78. The molecule has 0 saturated carbocycles. The van der Waals surface area contributed by atoms with Crippen LogP contribution >= 0.6 is 0 Å². The summed E-state index contributed by atoms with van der Waals surface area (Å²) in [5, 5.41) is 0. The quantitative estimate of drug-likeness (QED) is 0.660. The number of hydrogen-bond donors (Lipinski definition) is 0. The lowest BCUT2D eigenvalue weighted by molar-refractivity contribution is 0.0519. The lowest BCUT2D eigenvalue weighted by Crippen LogP contribution is -2.09. The minimum atomic E-state index is -0.396. The molecule has 3 aromatic rings. The Hall–Kier alpha value is -2.43. The van der Waals surface area contributed by atoms with Crippen molar-refractivity contribution in [1.29, 1.82) is 0 Å². The minimum absolute atomic E-state index is 0.338. The molecule has 0 aliphatic heterocycles. The van der Waals surface area contributed by atoms with Crippen molar-refractivity contribution < 1.29 is 9.53 Å². The second kappa shape index (κ2) is 4.35. The van der Waals surface area contributed by atoms with E-state index in [0.29, 0.717) is 12.3 Å². The molecular weight excluding hydrogens is 242 g/mol. The van der Waals surface area contributed by atoms with E-state index in [1.807, 2.05) is 35.7 Å². The predicted octanol–water partition coefficient (Wildman–Crippen LogP) is 2.37. The number of ether oxygens (including phenoxy) is 1. The molecule has 0 N–H and O–H groups in total. The number of pyridine rings is 2. The first-order valence-electron chi connectivity index (χ1n) is 6.12. The first-order valence-corrected chi connectivity index (χ1v) is 6.12. The fourth-order valence-electron chi connectivity index (χ4n) is 2.22. The Kier molecular flexibility index (Phi) is 2.67. The van der Waals surface area contributed by atoms with Crippen molar-refractivity contribution in [3.8, 4) is 0 Å². The van der Waals surface area contributed by atoms with E-state index in [2.05, 4.69) is 9.97 Å². The maximum Gasteiger partial charge on any atom is 0.357 e. The van der Waals surface area contributed by atoms with Gasteiger partial charge in [0, 0.05) is 11.8 Å². The van der Waals surface area contributed by atoms with Crippen LogP contribution in [0.3, 0.4) is 0 Å². The highest BCUT2D eigenvalue weighted by molar-refractivity contribution is 5.95. The van der Waals surface area contributed by atoms with Gasteiger partial charge in [0.2, 0.25) is 0 Å². The van der Waals surface area contributed by atoms with Gasteiger partial charge < -0.3 is 4.74 Å². The summed E-state index contributed by atoms with van der Waals surface area (Å²) >= 11 is 0. The zero-order valence-corrected chi connectivity index (χ0v) is 10.8. The van der Waals surface area contributed by atoms with Crippen LogP contribution in [0.2, 0.25) is 0 Å². The SMILES string of the molecule is CCOC(=O)c1ncc2nc3ccccn3c2c1C. The zero-order chi connectivity index (χ0) is 13.4. The monoisotopic (exact) mass is 255 g/mol. The Morgan fingerprint density at radius 3 is 3.05 bits per heavy atom. The van der Waals surface area contributed by atoms with Gasteiger partial charge in [-0.25, -0.2) is 14.8 Å². The largest absolute Gasteiger partial charge is 0.461 e. The van der Waals surface area contributed by atoms with Crippen LogP contribution in [0.25, 0.3) is 16.7 Å². The molecule has 0 saturated heterocycles. The van der Waals surface area contributed by atoms with Crippen LogP contribution < -0.4 is 0 Å². The summed E-state index contributed by atoms with van der Waals surface area (Å²) in [5.74, 6) is -0.396. The Morgan fingerprint density at radius 1 is 1.42 bits per heavy atom. The average Bonchev–Trinajstić information content (AvgIpc) is 2.78.